The second kappa shape index (κ2) is 5.44. The Morgan fingerprint density at radius 1 is 1.00 bits per heavy atom. The second-order valence-corrected chi connectivity index (χ2v) is 4.74. The summed E-state index contributed by atoms with van der Waals surface area (Å²) in [6.45, 7) is 2.09. The lowest BCUT2D eigenvalue weighted by atomic mass is 10.1. The van der Waals surface area contributed by atoms with Gasteiger partial charge in [0.25, 0.3) is 0 Å². The van der Waals surface area contributed by atoms with Crippen molar-refractivity contribution in [2.75, 3.05) is 5.32 Å². The Balaban J connectivity index is 2.18. The molecule has 0 spiro atoms. The van der Waals surface area contributed by atoms with Crippen LogP contribution < -0.4 is 5.32 Å². The normalized spacial score (nSPS) is 12.2. The molecule has 1 atom stereocenters. The van der Waals surface area contributed by atoms with Crippen LogP contribution in [0.1, 0.15) is 18.5 Å². The fraction of sp³-hybridized carbons (Fsp3) is 0.143. The van der Waals surface area contributed by atoms with Crippen molar-refractivity contribution in [1.29, 1.82) is 0 Å². The van der Waals surface area contributed by atoms with Gasteiger partial charge >= 0.3 is 0 Å². The van der Waals surface area contributed by atoms with E-state index in [0.29, 0.717) is 10.0 Å². The molecule has 1 nitrogen and oxygen atoms in total. The third kappa shape index (κ3) is 3.15. The zero-order valence-corrected chi connectivity index (χ0v) is 11.0. The molecule has 0 fully saturated rings. The molecular weight excluding hydrogens is 253 g/mol. The van der Waals surface area contributed by atoms with E-state index < -0.39 is 0 Å². The number of halogens is 2. The first kappa shape index (κ1) is 12.3. The van der Waals surface area contributed by atoms with E-state index in [1.165, 1.54) is 5.56 Å². The van der Waals surface area contributed by atoms with E-state index in [1.807, 2.05) is 24.3 Å². The van der Waals surface area contributed by atoms with Crippen molar-refractivity contribution in [2.24, 2.45) is 0 Å². The Hall–Kier alpha value is -1.18. The van der Waals surface area contributed by atoms with Gasteiger partial charge < -0.3 is 5.32 Å². The molecule has 0 saturated carbocycles. The molecule has 17 heavy (non-hydrogen) atoms. The average Bonchev–Trinajstić information content (AvgIpc) is 2.35. The summed E-state index contributed by atoms with van der Waals surface area (Å²) in [7, 11) is 0. The molecule has 0 aromatic heterocycles. The molecule has 0 aliphatic heterocycles. The lowest BCUT2D eigenvalue weighted by Crippen LogP contribution is -2.06. The van der Waals surface area contributed by atoms with Crippen molar-refractivity contribution in [3.8, 4) is 0 Å². The van der Waals surface area contributed by atoms with Crippen molar-refractivity contribution >= 4 is 28.9 Å². The van der Waals surface area contributed by atoms with E-state index in [-0.39, 0.29) is 6.04 Å². The molecule has 2 aromatic carbocycles. The van der Waals surface area contributed by atoms with Crippen LogP contribution in [-0.4, -0.2) is 0 Å². The molecule has 2 rings (SSSR count). The summed E-state index contributed by atoms with van der Waals surface area (Å²) in [4.78, 5) is 0. The van der Waals surface area contributed by atoms with Gasteiger partial charge in [-0.2, -0.15) is 0 Å². The Morgan fingerprint density at radius 2 is 1.71 bits per heavy atom. The maximum atomic E-state index is 6.11. The van der Waals surface area contributed by atoms with E-state index in [9.17, 15) is 0 Å². The van der Waals surface area contributed by atoms with E-state index in [0.717, 1.165) is 5.69 Å². The van der Waals surface area contributed by atoms with Gasteiger partial charge in [0.2, 0.25) is 0 Å². The zero-order chi connectivity index (χ0) is 12.3. The quantitative estimate of drug-likeness (QED) is 0.808. The lowest BCUT2D eigenvalue weighted by molar-refractivity contribution is 0.885. The number of rotatable bonds is 3. The molecule has 0 heterocycles. The van der Waals surface area contributed by atoms with Gasteiger partial charge in [-0.1, -0.05) is 53.5 Å². The van der Waals surface area contributed by atoms with Crippen molar-refractivity contribution in [3.05, 3.63) is 64.1 Å². The van der Waals surface area contributed by atoms with Crippen molar-refractivity contribution < 1.29 is 0 Å². The monoisotopic (exact) mass is 265 g/mol. The van der Waals surface area contributed by atoms with Gasteiger partial charge in [-0.3, -0.25) is 0 Å². The van der Waals surface area contributed by atoms with Gasteiger partial charge in [-0.05, 0) is 30.7 Å². The predicted molar refractivity (Wildman–Crippen MR) is 74.9 cm³/mol. The first-order chi connectivity index (χ1) is 8.16. The third-order valence-corrected chi connectivity index (χ3v) is 3.16. The first-order valence-electron chi connectivity index (χ1n) is 5.43. The summed E-state index contributed by atoms with van der Waals surface area (Å²) in [5.74, 6) is 0. The standard InChI is InChI=1S/C14H13Cl2N/c1-10(11-5-3-2-4-6-11)17-14-9-12(15)7-8-13(14)16/h2-10,17H,1H3. The first-order valence-corrected chi connectivity index (χ1v) is 6.19. The van der Waals surface area contributed by atoms with Gasteiger partial charge in [0, 0.05) is 11.1 Å². The van der Waals surface area contributed by atoms with Gasteiger partial charge in [-0.25, -0.2) is 0 Å². The number of anilines is 1. The van der Waals surface area contributed by atoms with E-state index in [4.69, 9.17) is 23.2 Å². The predicted octanol–water partition coefficient (Wildman–Crippen LogP) is 5.17. The Bertz CT molecular complexity index is 497. The largest absolute Gasteiger partial charge is 0.377 e. The number of benzene rings is 2. The summed E-state index contributed by atoms with van der Waals surface area (Å²) in [5, 5.41) is 4.71. The maximum absolute atomic E-state index is 6.11. The summed E-state index contributed by atoms with van der Waals surface area (Å²) >= 11 is 12.1. The minimum absolute atomic E-state index is 0.187. The van der Waals surface area contributed by atoms with Crippen LogP contribution in [0.25, 0.3) is 0 Å². The van der Waals surface area contributed by atoms with Crippen molar-refractivity contribution in [3.63, 3.8) is 0 Å². The molecule has 0 saturated heterocycles. The molecule has 88 valence electrons. The number of hydrogen-bond donors (Lipinski definition) is 1. The van der Waals surface area contributed by atoms with Gasteiger partial charge in [-0.15, -0.1) is 0 Å². The van der Waals surface area contributed by atoms with Crippen molar-refractivity contribution in [1.82, 2.24) is 0 Å². The van der Waals surface area contributed by atoms with E-state index in [1.54, 1.807) is 12.1 Å². The average molecular weight is 266 g/mol. The summed E-state index contributed by atoms with van der Waals surface area (Å²) in [5.41, 5.74) is 2.07. The number of hydrogen-bond acceptors (Lipinski definition) is 1. The molecule has 0 radical (unpaired) electrons. The second-order valence-electron chi connectivity index (χ2n) is 3.90. The smallest absolute Gasteiger partial charge is 0.0638 e. The highest BCUT2D eigenvalue weighted by Gasteiger charge is 2.07. The van der Waals surface area contributed by atoms with Gasteiger partial charge in [0.15, 0.2) is 0 Å². The molecule has 0 bridgehead atoms. The van der Waals surface area contributed by atoms with Gasteiger partial charge in [0.1, 0.15) is 0 Å². The Labute approximate surface area is 111 Å². The highest BCUT2D eigenvalue weighted by atomic mass is 35.5. The Kier molecular flexibility index (Phi) is 3.93. The van der Waals surface area contributed by atoms with E-state index >= 15 is 0 Å². The third-order valence-electron chi connectivity index (χ3n) is 2.60. The molecule has 0 amide bonds. The molecule has 2 aromatic rings. The lowest BCUT2D eigenvalue weighted by Gasteiger charge is -2.16. The Morgan fingerprint density at radius 3 is 2.41 bits per heavy atom. The number of nitrogens with one attached hydrogen (secondary N) is 1. The van der Waals surface area contributed by atoms with Crippen LogP contribution in [0, 0.1) is 0 Å². The molecule has 1 N–H and O–H groups in total. The highest BCUT2D eigenvalue weighted by Crippen LogP contribution is 2.28. The van der Waals surface area contributed by atoms with Crippen LogP contribution in [0.3, 0.4) is 0 Å². The van der Waals surface area contributed by atoms with Crippen molar-refractivity contribution in [2.45, 2.75) is 13.0 Å². The highest BCUT2D eigenvalue weighted by molar-refractivity contribution is 6.35. The van der Waals surface area contributed by atoms with Crippen LogP contribution in [-0.2, 0) is 0 Å². The molecule has 0 aliphatic rings. The topological polar surface area (TPSA) is 12.0 Å². The minimum atomic E-state index is 0.187. The maximum Gasteiger partial charge on any atom is 0.0638 e. The van der Waals surface area contributed by atoms with Crippen LogP contribution >= 0.6 is 23.2 Å². The zero-order valence-electron chi connectivity index (χ0n) is 9.45. The molecule has 3 heteroatoms. The minimum Gasteiger partial charge on any atom is -0.377 e. The fourth-order valence-corrected chi connectivity index (χ4v) is 2.01. The van der Waals surface area contributed by atoms with Crippen LogP contribution in [0.15, 0.2) is 48.5 Å². The SMILES string of the molecule is CC(Nc1cc(Cl)ccc1Cl)c1ccccc1. The summed E-state index contributed by atoms with van der Waals surface area (Å²) < 4.78 is 0. The molecule has 1 unspecified atom stereocenters. The summed E-state index contributed by atoms with van der Waals surface area (Å²) in [6, 6.07) is 15.8. The summed E-state index contributed by atoms with van der Waals surface area (Å²) in [6.07, 6.45) is 0. The fourth-order valence-electron chi connectivity index (χ4n) is 1.67. The van der Waals surface area contributed by atoms with Crippen LogP contribution in [0.4, 0.5) is 5.69 Å². The molecular formula is C14H13Cl2N. The molecule has 0 aliphatic carbocycles. The van der Waals surface area contributed by atoms with Crippen LogP contribution in [0.2, 0.25) is 10.0 Å². The van der Waals surface area contributed by atoms with E-state index in [2.05, 4.69) is 24.4 Å². The van der Waals surface area contributed by atoms with Gasteiger partial charge in [0.05, 0.1) is 10.7 Å². The van der Waals surface area contributed by atoms with Crippen LogP contribution in [0.5, 0.6) is 0 Å².